The molecule has 0 unspecified atom stereocenters. The lowest BCUT2D eigenvalue weighted by Gasteiger charge is -2.22. The molecule has 0 aliphatic carbocycles. The Labute approximate surface area is 116 Å². The first-order valence-electron chi connectivity index (χ1n) is 6.93. The SMILES string of the molecule is CCCCN(CCCC)Cc1cc(Cl)ccc1N. The molecular formula is C15H25ClN2. The Kier molecular flexibility index (Phi) is 7.14. The van der Waals surface area contributed by atoms with Gasteiger partial charge in [0, 0.05) is 17.3 Å². The second-order valence-corrected chi connectivity index (χ2v) is 5.26. The van der Waals surface area contributed by atoms with Crippen LogP contribution in [0.15, 0.2) is 18.2 Å². The van der Waals surface area contributed by atoms with Crippen molar-refractivity contribution in [2.24, 2.45) is 0 Å². The fourth-order valence-electron chi connectivity index (χ4n) is 1.99. The second-order valence-electron chi connectivity index (χ2n) is 4.83. The molecule has 0 aromatic heterocycles. The predicted molar refractivity (Wildman–Crippen MR) is 81.0 cm³/mol. The van der Waals surface area contributed by atoms with Gasteiger partial charge in [-0.25, -0.2) is 0 Å². The molecule has 0 saturated carbocycles. The number of rotatable bonds is 8. The highest BCUT2D eigenvalue weighted by Crippen LogP contribution is 2.20. The molecule has 2 N–H and O–H groups in total. The Morgan fingerprint density at radius 1 is 1.11 bits per heavy atom. The molecule has 0 aliphatic heterocycles. The fraction of sp³-hybridized carbons (Fsp3) is 0.600. The number of nitrogens with zero attached hydrogens (tertiary/aromatic N) is 1. The maximum absolute atomic E-state index is 6.03. The third-order valence-electron chi connectivity index (χ3n) is 3.15. The van der Waals surface area contributed by atoms with E-state index >= 15 is 0 Å². The number of anilines is 1. The number of halogens is 1. The highest BCUT2D eigenvalue weighted by molar-refractivity contribution is 6.30. The van der Waals surface area contributed by atoms with Gasteiger partial charge in [0.15, 0.2) is 0 Å². The monoisotopic (exact) mass is 268 g/mol. The van der Waals surface area contributed by atoms with Crippen molar-refractivity contribution in [1.82, 2.24) is 4.90 Å². The van der Waals surface area contributed by atoms with Gasteiger partial charge in [-0.3, -0.25) is 4.90 Å². The number of benzene rings is 1. The molecule has 0 heterocycles. The number of nitrogen functional groups attached to an aromatic ring is 1. The van der Waals surface area contributed by atoms with E-state index in [1.165, 1.54) is 25.7 Å². The lowest BCUT2D eigenvalue weighted by atomic mass is 10.1. The molecule has 3 heteroatoms. The van der Waals surface area contributed by atoms with E-state index in [4.69, 9.17) is 17.3 Å². The van der Waals surface area contributed by atoms with E-state index in [1.54, 1.807) is 0 Å². The average molecular weight is 269 g/mol. The van der Waals surface area contributed by atoms with Crippen molar-refractivity contribution in [3.05, 3.63) is 28.8 Å². The van der Waals surface area contributed by atoms with Crippen molar-refractivity contribution in [1.29, 1.82) is 0 Å². The Bertz CT molecular complexity index is 344. The lowest BCUT2D eigenvalue weighted by molar-refractivity contribution is 0.257. The van der Waals surface area contributed by atoms with Crippen LogP contribution in [-0.2, 0) is 6.54 Å². The molecule has 0 radical (unpaired) electrons. The Balaban J connectivity index is 2.65. The molecule has 0 atom stereocenters. The number of unbranched alkanes of at least 4 members (excludes halogenated alkanes) is 2. The predicted octanol–water partition coefficient (Wildman–Crippen LogP) is 4.32. The molecule has 18 heavy (non-hydrogen) atoms. The maximum Gasteiger partial charge on any atom is 0.0410 e. The Hall–Kier alpha value is -0.730. The molecular weight excluding hydrogens is 244 g/mol. The van der Waals surface area contributed by atoms with Gasteiger partial charge in [0.1, 0.15) is 0 Å². The van der Waals surface area contributed by atoms with Gasteiger partial charge in [-0.15, -0.1) is 0 Å². The molecule has 0 spiro atoms. The summed E-state index contributed by atoms with van der Waals surface area (Å²) in [6.07, 6.45) is 4.94. The molecule has 2 nitrogen and oxygen atoms in total. The van der Waals surface area contributed by atoms with Gasteiger partial charge in [-0.1, -0.05) is 38.3 Å². The number of nitrogens with two attached hydrogens (primary N) is 1. The first-order valence-corrected chi connectivity index (χ1v) is 7.31. The highest BCUT2D eigenvalue weighted by atomic mass is 35.5. The molecule has 1 aromatic rings. The molecule has 102 valence electrons. The smallest absolute Gasteiger partial charge is 0.0410 e. The normalized spacial score (nSPS) is 11.1. The third-order valence-corrected chi connectivity index (χ3v) is 3.39. The topological polar surface area (TPSA) is 29.3 Å². The summed E-state index contributed by atoms with van der Waals surface area (Å²) in [7, 11) is 0. The van der Waals surface area contributed by atoms with Gasteiger partial charge >= 0.3 is 0 Å². The molecule has 1 rings (SSSR count). The van der Waals surface area contributed by atoms with Crippen LogP contribution >= 0.6 is 11.6 Å². The lowest BCUT2D eigenvalue weighted by Crippen LogP contribution is -2.26. The summed E-state index contributed by atoms with van der Waals surface area (Å²) in [6.45, 7) is 7.65. The van der Waals surface area contributed by atoms with Crippen LogP contribution < -0.4 is 5.73 Å². The van der Waals surface area contributed by atoms with Gasteiger partial charge in [0.25, 0.3) is 0 Å². The Morgan fingerprint density at radius 3 is 2.28 bits per heavy atom. The molecule has 0 bridgehead atoms. The van der Waals surface area contributed by atoms with Crippen LogP contribution in [0, 0.1) is 0 Å². The van der Waals surface area contributed by atoms with Gasteiger partial charge in [0.05, 0.1) is 0 Å². The van der Waals surface area contributed by atoms with Crippen molar-refractivity contribution < 1.29 is 0 Å². The molecule has 0 aliphatic rings. The minimum Gasteiger partial charge on any atom is -0.398 e. The van der Waals surface area contributed by atoms with E-state index in [0.29, 0.717) is 0 Å². The first-order chi connectivity index (χ1) is 8.67. The van der Waals surface area contributed by atoms with E-state index < -0.39 is 0 Å². The zero-order chi connectivity index (χ0) is 13.4. The van der Waals surface area contributed by atoms with Crippen LogP contribution in [0.3, 0.4) is 0 Å². The summed E-state index contributed by atoms with van der Waals surface area (Å²) in [6, 6.07) is 5.74. The van der Waals surface area contributed by atoms with Crippen LogP contribution in [0.2, 0.25) is 5.02 Å². The van der Waals surface area contributed by atoms with E-state index in [0.717, 1.165) is 35.9 Å². The first kappa shape index (κ1) is 15.3. The molecule has 0 fully saturated rings. The number of hydrogen-bond donors (Lipinski definition) is 1. The third kappa shape index (κ3) is 5.28. The average Bonchev–Trinajstić information content (AvgIpc) is 2.37. The quantitative estimate of drug-likeness (QED) is 0.712. The van der Waals surface area contributed by atoms with Gasteiger partial charge in [-0.2, -0.15) is 0 Å². The van der Waals surface area contributed by atoms with E-state index in [9.17, 15) is 0 Å². The van der Waals surface area contributed by atoms with Crippen molar-refractivity contribution >= 4 is 17.3 Å². The summed E-state index contributed by atoms with van der Waals surface area (Å²) in [5.74, 6) is 0. The van der Waals surface area contributed by atoms with Crippen molar-refractivity contribution in [2.45, 2.75) is 46.1 Å². The van der Waals surface area contributed by atoms with Gasteiger partial charge < -0.3 is 5.73 Å². The minimum atomic E-state index is 0.769. The van der Waals surface area contributed by atoms with Gasteiger partial charge in [0.2, 0.25) is 0 Å². The maximum atomic E-state index is 6.03. The fourth-order valence-corrected chi connectivity index (χ4v) is 2.18. The highest BCUT2D eigenvalue weighted by Gasteiger charge is 2.08. The van der Waals surface area contributed by atoms with Crippen LogP contribution in [0.4, 0.5) is 5.69 Å². The molecule has 1 aromatic carbocycles. The van der Waals surface area contributed by atoms with E-state index in [1.807, 2.05) is 18.2 Å². The molecule has 0 amide bonds. The van der Waals surface area contributed by atoms with E-state index in [-0.39, 0.29) is 0 Å². The summed E-state index contributed by atoms with van der Waals surface area (Å²) in [5.41, 5.74) is 8.00. The standard InChI is InChI=1S/C15H25ClN2/c1-3-5-9-18(10-6-4-2)12-13-11-14(16)7-8-15(13)17/h7-8,11H,3-6,9-10,12,17H2,1-2H3. The van der Waals surface area contributed by atoms with Crippen LogP contribution in [-0.4, -0.2) is 18.0 Å². The zero-order valence-electron chi connectivity index (χ0n) is 11.6. The molecule has 0 saturated heterocycles. The van der Waals surface area contributed by atoms with Crippen molar-refractivity contribution in [3.63, 3.8) is 0 Å². The zero-order valence-corrected chi connectivity index (χ0v) is 12.3. The van der Waals surface area contributed by atoms with Crippen LogP contribution in [0.1, 0.15) is 45.1 Å². The number of hydrogen-bond acceptors (Lipinski definition) is 2. The van der Waals surface area contributed by atoms with Crippen LogP contribution in [0.25, 0.3) is 0 Å². The minimum absolute atomic E-state index is 0.769. The van der Waals surface area contributed by atoms with E-state index in [2.05, 4.69) is 18.7 Å². The summed E-state index contributed by atoms with van der Waals surface area (Å²) in [4.78, 5) is 2.48. The van der Waals surface area contributed by atoms with Crippen molar-refractivity contribution in [3.8, 4) is 0 Å². The largest absolute Gasteiger partial charge is 0.398 e. The van der Waals surface area contributed by atoms with Crippen molar-refractivity contribution in [2.75, 3.05) is 18.8 Å². The summed E-state index contributed by atoms with van der Waals surface area (Å²) in [5, 5.41) is 0.769. The second kappa shape index (κ2) is 8.39. The Morgan fingerprint density at radius 2 is 1.72 bits per heavy atom. The van der Waals surface area contributed by atoms with Crippen LogP contribution in [0.5, 0.6) is 0 Å². The summed E-state index contributed by atoms with van der Waals surface area (Å²) < 4.78 is 0. The van der Waals surface area contributed by atoms with Gasteiger partial charge in [-0.05, 0) is 49.7 Å². The summed E-state index contributed by atoms with van der Waals surface area (Å²) >= 11 is 6.03.